The number of hydrogen-bond donors (Lipinski definition) is 1. The average molecular weight is 339 g/mol. The highest BCUT2D eigenvalue weighted by atomic mass is 35.5. The van der Waals surface area contributed by atoms with Gasteiger partial charge in [0.1, 0.15) is 5.82 Å². The van der Waals surface area contributed by atoms with Crippen LogP contribution in [0.1, 0.15) is 37.4 Å². The van der Waals surface area contributed by atoms with Crippen LogP contribution < -0.4 is 10.2 Å². The van der Waals surface area contributed by atoms with Gasteiger partial charge in [0.25, 0.3) is 0 Å². The number of likely N-dealkylation sites (N-methyl/N-ethyl adjacent to an activating group) is 1. The SMILES string of the molecule is CNC(C)Cc1noc(C2CCN(c3cnccn3)CC2)n1.Cl. The Balaban J connectivity index is 0.00000192. The van der Waals surface area contributed by atoms with Crippen molar-refractivity contribution in [2.24, 2.45) is 0 Å². The molecule has 1 unspecified atom stereocenters. The Kier molecular flexibility index (Phi) is 6.29. The molecule has 2 aromatic rings. The maximum Gasteiger partial charge on any atom is 0.229 e. The van der Waals surface area contributed by atoms with Crippen molar-refractivity contribution in [1.29, 1.82) is 0 Å². The number of halogens is 1. The van der Waals surface area contributed by atoms with E-state index in [2.05, 4.69) is 37.2 Å². The molecule has 0 amide bonds. The lowest BCUT2D eigenvalue weighted by molar-refractivity contribution is 0.325. The fraction of sp³-hybridized carbons (Fsp3) is 0.600. The first-order chi connectivity index (χ1) is 10.8. The summed E-state index contributed by atoms with van der Waals surface area (Å²) in [4.78, 5) is 15.3. The Morgan fingerprint density at radius 2 is 2.13 bits per heavy atom. The summed E-state index contributed by atoms with van der Waals surface area (Å²) in [6.45, 7) is 3.98. The van der Waals surface area contributed by atoms with Crippen LogP contribution in [0.25, 0.3) is 0 Å². The van der Waals surface area contributed by atoms with Gasteiger partial charge in [0, 0.05) is 43.9 Å². The molecule has 2 aromatic heterocycles. The summed E-state index contributed by atoms with van der Waals surface area (Å²) < 4.78 is 5.46. The third-order valence-corrected chi connectivity index (χ3v) is 4.18. The van der Waals surface area contributed by atoms with E-state index in [0.29, 0.717) is 12.0 Å². The minimum Gasteiger partial charge on any atom is -0.355 e. The monoisotopic (exact) mass is 338 g/mol. The van der Waals surface area contributed by atoms with Crippen molar-refractivity contribution in [3.8, 4) is 0 Å². The lowest BCUT2D eigenvalue weighted by Crippen LogP contribution is -2.33. The molecule has 1 atom stereocenters. The molecule has 0 aromatic carbocycles. The Morgan fingerprint density at radius 1 is 1.35 bits per heavy atom. The largest absolute Gasteiger partial charge is 0.355 e. The van der Waals surface area contributed by atoms with Crippen LogP contribution in [0.15, 0.2) is 23.1 Å². The molecule has 1 saturated heterocycles. The maximum absolute atomic E-state index is 5.46. The van der Waals surface area contributed by atoms with Crippen molar-refractivity contribution in [2.45, 2.75) is 38.1 Å². The normalized spacial score (nSPS) is 16.9. The predicted octanol–water partition coefficient (Wildman–Crippen LogP) is 1.82. The summed E-state index contributed by atoms with van der Waals surface area (Å²) in [6.07, 6.45) is 8.03. The molecule has 0 spiro atoms. The van der Waals surface area contributed by atoms with Gasteiger partial charge in [-0.15, -0.1) is 12.4 Å². The van der Waals surface area contributed by atoms with Gasteiger partial charge in [-0.1, -0.05) is 5.16 Å². The van der Waals surface area contributed by atoms with E-state index in [9.17, 15) is 0 Å². The Morgan fingerprint density at radius 3 is 2.78 bits per heavy atom. The summed E-state index contributed by atoms with van der Waals surface area (Å²) in [7, 11) is 1.94. The van der Waals surface area contributed by atoms with Crippen LogP contribution in [-0.4, -0.2) is 46.3 Å². The standard InChI is InChI=1S/C15H22N6O.ClH/c1-11(16-2)9-13-19-15(22-20-13)12-3-7-21(8-4-12)14-10-17-5-6-18-14;/h5-6,10-12,16H,3-4,7-9H2,1-2H3;1H. The van der Waals surface area contributed by atoms with Crippen LogP contribution >= 0.6 is 12.4 Å². The number of aromatic nitrogens is 4. The first-order valence-electron chi connectivity index (χ1n) is 7.77. The van der Waals surface area contributed by atoms with Gasteiger partial charge in [-0.05, 0) is 26.8 Å². The van der Waals surface area contributed by atoms with Crippen molar-refractivity contribution < 1.29 is 4.52 Å². The molecule has 1 aliphatic heterocycles. The summed E-state index contributed by atoms with van der Waals surface area (Å²) in [6, 6.07) is 0.351. The van der Waals surface area contributed by atoms with Gasteiger partial charge in [-0.2, -0.15) is 4.98 Å². The Bertz CT molecular complexity index is 585. The summed E-state index contributed by atoms with van der Waals surface area (Å²) >= 11 is 0. The van der Waals surface area contributed by atoms with Gasteiger partial charge in [-0.3, -0.25) is 4.98 Å². The molecule has 1 aliphatic rings. The first kappa shape index (κ1) is 17.6. The fourth-order valence-electron chi connectivity index (χ4n) is 2.70. The third kappa shape index (κ3) is 4.39. The molecule has 126 valence electrons. The van der Waals surface area contributed by atoms with Crippen LogP contribution in [-0.2, 0) is 6.42 Å². The number of rotatable bonds is 5. The van der Waals surface area contributed by atoms with Gasteiger partial charge in [0.15, 0.2) is 5.82 Å². The van der Waals surface area contributed by atoms with Crippen LogP contribution in [0, 0.1) is 0 Å². The van der Waals surface area contributed by atoms with Gasteiger partial charge < -0.3 is 14.7 Å². The topological polar surface area (TPSA) is 80.0 Å². The molecule has 0 radical (unpaired) electrons. The molecular formula is C15H23ClN6O. The number of anilines is 1. The van der Waals surface area contributed by atoms with Gasteiger partial charge in [-0.25, -0.2) is 4.98 Å². The van der Waals surface area contributed by atoms with Crippen LogP contribution in [0.5, 0.6) is 0 Å². The molecule has 0 saturated carbocycles. The van der Waals surface area contributed by atoms with Gasteiger partial charge in [0.2, 0.25) is 5.89 Å². The number of piperidine rings is 1. The van der Waals surface area contributed by atoms with Crippen molar-refractivity contribution in [3.63, 3.8) is 0 Å². The van der Waals surface area contributed by atoms with Crippen molar-refractivity contribution in [3.05, 3.63) is 30.3 Å². The lowest BCUT2D eigenvalue weighted by atomic mass is 9.97. The van der Waals surface area contributed by atoms with Crippen molar-refractivity contribution in [1.82, 2.24) is 25.4 Å². The summed E-state index contributed by atoms with van der Waals surface area (Å²) in [5.41, 5.74) is 0. The third-order valence-electron chi connectivity index (χ3n) is 4.18. The minimum atomic E-state index is 0. The molecule has 1 N–H and O–H groups in total. The molecule has 8 heteroatoms. The van der Waals surface area contributed by atoms with E-state index >= 15 is 0 Å². The number of hydrogen-bond acceptors (Lipinski definition) is 7. The summed E-state index contributed by atoms with van der Waals surface area (Å²) in [5.74, 6) is 2.85. The van der Waals surface area contributed by atoms with Crippen LogP contribution in [0.2, 0.25) is 0 Å². The maximum atomic E-state index is 5.46. The molecule has 1 fully saturated rings. The van der Waals surface area contributed by atoms with E-state index in [1.807, 2.05) is 13.2 Å². The van der Waals surface area contributed by atoms with Crippen molar-refractivity contribution >= 4 is 18.2 Å². The molecule has 23 heavy (non-hydrogen) atoms. The number of nitrogens with one attached hydrogen (secondary N) is 1. The van der Waals surface area contributed by atoms with E-state index in [0.717, 1.165) is 49.9 Å². The van der Waals surface area contributed by atoms with Gasteiger partial charge in [0.05, 0.1) is 6.20 Å². The van der Waals surface area contributed by atoms with E-state index < -0.39 is 0 Å². The highest BCUT2D eigenvalue weighted by molar-refractivity contribution is 5.85. The molecule has 0 aliphatic carbocycles. The second-order valence-electron chi connectivity index (χ2n) is 5.77. The minimum absolute atomic E-state index is 0. The highest BCUT2D eigenvalue weighted by Gasteiger charge is 2.26. The van der Waals surface area contributed by atoms with E-state index in [1.165, 1.54) is 0 Å². The first-order valence-corrected chi connectivity index (χ1v) is 7.77. The van der Waals surface area contributed by atoms with Crippen molar-refractivity contribution in [2.75, 3.05) is 25.0 Å². The summed E-state index contributed by atoms with van der Waals surface area (Å²) in [5, 5.41) is 7.28. The van der Waals surface area contributed by atoms with E-state index in [4.69, 9.17) is 4.52 Å². The Hall–Kier alpha value is -1.73. The molecule has 0 bridgehead atoms. The zero-order valence-electron chi connectivity index (χ0n) is 13.5. The second kappa shape index (κ2) is 8.21. The predicted molar refractivity (Wildman–Crippen MR) is 90.0 cm³/mol. The van der Waals surface area contributed by atoms with Crippen LogP contribution in [0.4, 0.5) is 5.82 Å². The quantitative estimate of drug-likeness (QED) is 0.890. The van der Waals surface area contributed by atoms with Gasteiger partial charge >= 0.3 is 0 Å². The lowest BCUT2D eigenvalue weighted by Gasteiger charge is -2.30. The zero-order valence-corrected chi connectivity index (χ0v) is 14.3. The smallest absolute Gasteiger partial charge is 0.229 e. The van der Waals surface area contributed by atoms with E-state index in [1.54, 1.807) is 12.4 Å². The average Bonchev–Trinajstić information content (AvgIpc) is 3.04. The second-order valence-corrected chi connectivity index (χ2v) is 5.77. The molecular weight excluding hydrogens is 316 g/mol. The molecule has 3 rings (SSSR count). The molecule has 7 nitrogen and oxygen atoms in total. The fourth-order valence-corrected chi connectivity index (χ4v) is 2.70. The Labute approximate surface area is 142 Å². The van der Waals surface area contributed by atoms with E-state index in [-0.39, 0.29) is 12.4 Å². The number of nitrogens with zero attached hydrogens (tertiary/aromatic N) is 5. The highest BCUT2D eigenvalue weighted by Crippen LogP contribution is 2.28. The van der Waals surface area contributed by atoms with Crippen LogP contribution in [0.3, 0.4) is 0 Å². The molecule has 3 heterocycles. The zero-order chi connectivity index (χ0) is 15.4.